The van der Waals surface area contributed by atoms with Crippen LogP contribution >= 0.6 is 0 Å². The van der Waals surface area contributed by atoms with Crippen LogP contribution in [0.2, 0.25) is 0 Å². The number of ketones is 1. The molecule has 7 nitrogen and oxygen atoms in total. The molecule has 0 atom stereocenters. The van der Waals surface area contributed by atoms with E-state index in [0.29, 0.717) is 22.7 Å². The van der Waals surface area contributed by atoms with Gasteiger partial charge in [-0.3, -0.25) is 9.59 Å². The minimum atomic E-state index is -0.581. The van der Waals surface area contributed by atoms with Gasteiger partial charge in [0.2, 0.25) is 5.78 Å². The highest BCUT2D eigenvalue weighted by Gasteiger charge is 2.26. The van der Waals surface area contributed by atoms with Crippen LogP contribution in [0.5, 0.6) is 5.75 Å². The Labute approximate surface area is 157 Å². The van der Waals surface area contributed by atoms with Gasteiger partial charge in [0.1, 0.15) is 5.75 Å². The van der Waals surface area contributed by atoms with Crippen LogP contribution in [0.3, 0.4) is 0 Å². The summed E-state index contributed by atoms with van der Waals surface area (Å²) >= 11 is 0. The zero-order valence-electron chi connectivity index (χ0n) is 15.9. The van der Waals surface area contributed by atoms with Gasteiger partial charge in [-0.05, 0) is 26.8 Å². The molecule has 144 valence electrons. The summed E-state index contributed by atoms with van der Waals surface area (Å²) in [6.07, 6.45) is -0.0207. The van der Waals surface area contributed by atoms with Gasteiger partial charge in [0, 0.05) is 17.0 Å². The highest BCUT2D eigenvalue weighted by molar-refractivity contribution is 6.09. The van der Waals surface area contributed by atoms with Crippen LogP contribution in [-0.2, 0) is 20.7 Å². The van der Waals surface area contributed by atoms with E-state index < -0.39 is 24.3 Å². The molecule has 2 aromatic rings. The van der Waals surface area contributed by atoms with Crippen LogP contribution in [0.25, 0.3) is 0 Å². The molecule has 0 aliphatic heterocycles. The number of Topliss-reactive ketones (excluding diaryl/α,β-unsaturated/α-hetero) is 1. The van der Waals surface area contributed by atoms with Gasteiger partial charge >= 0.3 is 11.9 Å². The second kappa shape index (κ2) is 9.02. The first-order valence-electron chi connectivity index (χ1n) is 8.56. The molecule has 0 fully saturated rings. The van der Waals surface area contributed by atoms with E-state index in [1.165, 1.54) is 7.11 Å². The van der Waals surface area contributed by atoms with Crippen LogP contribution in [0, 0.1) is 13.8 Å². The standard InChI is InChI=1S/C20H23NO6/c1-5-26-20(24)19-13(3)21-12(2)18(19)15(22)11-27-17(23)10-14-8-6-7-9-16(14)25-4/h6-9,21H,5,10-11H2,1-4H3. The number of esters is 2. The number of rotatable bonds is 8. The Balaban J connectivity index is 2.08. The molecule has 1 heterocycles. The quantitative estimate of drug-likeness (QED) is 0.565. The molecule has 0 aliphatic carbocycles. The molecule has 2 rings (SSSR count). The Morgan fingerprint density at radius 1 is 1.00 bits per heavy atom. The third-order valence-electron chi connectivity index (χ3n) is 4.02. The molecule has 27 heavy (non-hydrogen) atoms. The van der Waals surface area contributed by atoms with Crippen molar-refractivity contribution in [2.45, 2.75) is 27.2 Å². The number of ether oxygens (including phenoxy) is 3. The van der Waals surface area contributed by atoms with E-state index in [4.69, 9.17) is 14.2 Å². The van der Waals surface area contributed by atoms with Crippen LogP contribution in [0.15, 0.2) is 24.3 Å². The van der Waals surface area contributed by atoms with Crippen LogP contribution < -0.4 is 4.74 Å². The first kappa shape index (κ1) is 20.2. The fourth-order valence-electron chi connectivity index (χ4n) is 2.86. The lowest BCUT2D eigenvalue weighted by atomic mass is 10.1. The molecule has 1 aromatic heterocycles. The topological polar surface area (TPSA) is 94.7 Å². The number of carbonyl (C=O) groups excluding carboxylic acids is 3. The van der Waals surface area contributed by atoms with E-state index in [-0.39, 0.29) is 24.2 Å². The van der Waals surface area contributed by atoms with Gasteiger partial charge in [0.15, 0.2) is 6.61 Å². The Morgan fingerprint density at radius 2 is 1.67 bits per heavy atom. The molecule has 1 N–H and O–H groups in total. The van der Waals surface area contributed by atoms with Gasteiger partial charge in [-0.15, -0.1) is 0 Å². The van der Waals surface area contributed by atoms with Crippen molar-refractivity contribution in [2.75, 3.05) is 20.3 Å². The van der Waals surface area contributed by atoms with Crippen LogP contribution in [0.4, 0.5) is 0 Å². The Hall–Kier alpha value is -3.09. The Morgan fingerprint density at radius 3 is 2.33 bits per heavy atom. The normalized spacial score (nSPS) is 10.4. The molecule has 0 spiro atoms. The highest BCUT2D eigenvalue weighted by Crippen LogP contribution is 2.21. The lowest BCUT2D eigenvalue weighted by Gasteiger charge is -2.09. The number of aromatic amines is 1. The predicted molar refractivity (Wildman–Crippen MR) is 98.2 cm³/mol. The summed E-state index contributed by atoms with van der Waals surface area (Å²) in [7, 11) is 1.52. The lowest BCUT2D eigenvalue weighted by molar-refractivity contribution is -0.141. The number of aromatic nitrogens is 1. The summed E-state index contributed by atoms with van der Waals surface area (Å²) < 4.78 is 15.3. The maximum atomic E-state index is 12.6. The molecule has 0 radical (unpaired) electrons. The molecule has 0 saturated heterocycles. The minimum absolute atomic E-state index is 0.0207. The maximum absolute atomic E-state index is 12.6. The van der Waals surface area contributed by atoms with Crippen LogP contribution in [0.1, 0.15) is 44.6 Å². The smallest absolute Gasteiger partial charge is 0.340 e. The van der Waals surface area contributed by atoms with Crippen molar-refractivity contribution in [1.29, 1.82) is 0 Å². The monoisotopic (exact) mass is 373 g/mol. The number of aryl methyl sites for hydroxylation is 2. The predicted octanol–water partition coefficient (Wildman–Crippen LogP) is 2.79. The SMILES string of the molecule is CCOC(=O)c1c(C)[nH]c(C)c1C(=O)COC(=O)Cc1ccccc1OC. The van der Waals surface area contributed by atoms with Gasteiger partial charge < -0.3 is 19.2 Å². The van der Waals surface area contributed by atoms with Crippen LogP contribution in [-0.4, -0.2) is 43.0 Å². The summed E-state index contributed by atoms with van der Waals surface area (Å²) in [5.41, 5.74) is 2.10. The molecule has 1 aromatic carbocycles. The van der Waals surface area contributed by atoms with E-state index in [0.717, 1.165) is 0 Å². The summed E-state index contributed by atoms with van der Waals surface area (Å²) in [5.74, 6) is -1.03. The molecular weight excluding hydrogens is 350 g/mol. The fraction of sp³-hybridized carbons (Fsp3) is 0.350. The van der Waals surface area contributed by atoms with E-state index in [1.54, 1.807) is 45.0 Å². The third-order valence-corrected chi connectivity index (χ3v) is 4.02. The largest absolute Gasteiger partial charge is 0.496 e. The van der Waals surface area contributed by atoms with Gasteiger partial charge in [0.05, 0.1) is 31.3 Å². The second-order valence-corrected chi connectivity index (χ2v) is 5.92. The molecular formula is C20H23NO6. The van der Waals surface area contributed by atoms with Gasteiger partial charge in [-0.25, -0.2) is 4.79 Å². The third kappa shape index (κ3) is 4.75. The van der Waals surface area contributed by atoms with E-state index >= 15 is 0 Å². The molecule has 0 aliphatic rings. The number of H-pyrrole nitrogens is 1. The molecule has 0 unspecified atom stereocenters. The van der Waals surface area contributed by atoms with Crippen molar-refractivity contribution in [1.82, 2.24) is 4.98 Å². The van der Waals surface area contributed by atoms with Crippen molar-refractivity contribution in [3.05, 3.63) is 52.3 Å². The number of hydrogen-bond acceptors (Lipinski definition) is 6. The number of methoxy groups -OCH3 is 1. The Kier molecular flexibility index (Phi) is 6.76. The first-order valence-corrected chi connectivity index (χ1v) is 8.56. The van der Waals surface area contributed by atoms with Crippen molar-refractivity contribution in [2.24, 2.45) is 0 Å². The van der Waals surface area contributed by atoms with Gasteiger partial charge in [-0.2, -0.15) is 0 Å². The zero-order chi connectivity index (χ0) is 20.0. The maximum Gasteiger partial charge on any atom is 0.340 e. The van der Waals surface area contributed by atoms with Crippen molar-refractivity contribution >= 4 is 17.7 Å². The number of benzene rings is 1. The molecule has 7 heteroatoms. The summed E-state index contributed by atoms with van der Waals surface area (Å²) in [5, 5.41) is 0. The van der Waals surface area contributed by atoms with Gasteiger partial charge in [-0.1, -0.05) is 18.2 Å². The average Bonchev–Trinajstić information content (AvgIpc) is 2.94. The molecule has 0 saturated carbocycles. The van der Waals surface area contributed by atoms with E-state index in [9.17, 15) is 14.4 Å². The number of carbonyl (C=O) groups is 3. The van der Waals surface area contributed by atoms with Gasteiger partial charge in [0.25, 0.3) is 0 Å². The fourth-order valence-corrected chi connectivity index (χ4v) is 2.86. The molecule has 0 bridgehead atoms. The summed E-state index contributed by atoms with van der Waals surface area (Å²) in [6.45, 7) is 4.79. The zero-order valence-corrected chi connectivity index (χ0v) is 15.9. The minimum Gasteiger partial charge on any atom is -0.496 e. The lowest BCUT2D eigenvalue weighted by Crippen LogP contribution is -2.19. The van der Waals surface area contributed by atoms with Crippen molar-refractivity contribution in [3.63, 3.8) is 0 Å². The second-order valence-electron chi connectivity index (χ2n) is 5.92. The van der Waals surface area contributed by atoms with Crippen molar-refractivity contribution < 1.29 is 28.6 Å². The first-order chi connectivity index (χ1) is 12.9. The van der Waals surface area contributed by atoms with E-state index in [2.05, 4.69) is 4.98 Å². The number of nitrogens with one attached hydrogen (secondary N) is 1. The Bertz CT molecular complexity index is 852. The van der Waals surface area contributed by atoms with Crippen molar-refractivity contribution in [3.8, 4) is 5.75 Å². The summed E-state index contributed by atoms with van der Waals surface area (Å²) in [4.78, 5) is 39.8. The van der Waals surface area contributed by atoms with E-state index in [1.807, 2.05) is 0 Å². The molecule has 0 amide bonds. The number of para-hydroxylation sites is 1. The average molecular weight is 373 g/mol. The number of hydrogen-bond donors (Lipinski definition) is 1. The summed E-state index contributed by atoms with van der Waals surface area (Å²) in [6, 6.07) is 7.07. The highest BCUT2D eigenvalue weighted by atomic mass is 16.5.